The molecule has 0 aliphatic carbocycles. The Morgan fingerprint density at radius 1 is 1.39 bits per heavy atom. The highest BCUT2D eigenvalue weighted by molar-refractivity contribution is 5.92. The van der Waals surface area contributed by atoms with Gasteiger partial charge >= 0.3 is 0 Å². The van der Waals surface area contributed by atoms with Gasteiger partial charge in [-0.2, -0.15) is 5.10 Å². The van der Waals surface area contributed by atoms with Crippen LogP contribution in [0.3, 0.4) is 0 Å². The summed E-state index contributed by atoms with van der Waals surface area (Å²) in [7, 11) is 0. The van der Waals surface area contributed by atoms with Crippen LogP contribution in [0.4, 0.5) is 0 Å². The number of amides is 1. The van der Waals surface area contributed by atoms with E-state index in [9.17, 15) is 4.79 Å². The molecule has 0 fully saturated rings. The monoisotopic (exact) mass is 379 g/mol. The second kappa shape index (κ2) is 7.98. The van der Waals surface area contributed by atoms with Gasteiger partial charge in [-0.15, -0.1) is 0 Å². The SMILES string of the molecule is CC(C)c1nccn1Cc1cc(C(=O)NC[C@@H]2OCCc3ccccc32)n[nH]1. The summed E-state index contributed by atoms with van der Waals surface area (Å²) in [5.41, 5.74) is 3.68. The Kier molecular flexibility index (Phi) is 5.25. The third-order valence-electron chi connectivity index (χ3n) is 5.01. The second-order valence-electron chi connectivity index (χ2n) is 7.36. The van der Waals surface area contributed by atoms with Crippen molar-refractivity contribution >= 4 is 5.91 Å². The molecule has 0 spiro atoms. The van der Waals surface area contributed by atoms with E-state index in [-0.39, 0.29) is 12.0 Å². The predicted molar refractivity (Wildman–Crippen MR) is 105 cm³/mol. The van der Waals surface area contributed by atoms with Crippen molar-refractivity contribution in [3.8, 4) is 0 Å². The van der Waals surface area contributed by atoms with Crippen molar-refractivity contribution in [2.75, 3.05) is 13.2 Å². The van der Waals surface area contributed by atoms with E-state index in [0.29, 0.717) is 31.3 Å². The molecule has 0 radical (unpaired) electrons. The van der Waals surface area contributed by atoms with E-state index in [1.807, 2.05) is 18.3 Å². The van der Waals surface area contributed by atoms with Crippen LogP contribution in [-0.4, -0.2) is 38.8 Å². The van der Waals surface area contributed by atoms with E-state index in [2.05, 4.69) is 51.0 Å². The summed E-state index contributed by atoms with van der Waals surface area (Å²) in [6.07, 6.45) is 4.53. The highest BCUT2D eigenvalue weighted by atomic mass is 16.5. The third-order valence-corrected chi connectivity index (χ3v) is 5.01. The largest absolute Gasteiger partial charge is 0.371 e. The maximum absolute atomic E-state index is 12.5. The number of H-pyrrole nitrogens is 1. The topological polar surface area (TPSA) is 84.8 Å². The molecule has 7 nitrogen and oxygen atoms in total. The maximum Gasteiger partial charge on any atom is 0.271 e. The lowest BCUT2D eigenvalue weighted by Crippen LogP contribution is -2.32. The number of imidazole rings is 1. The van der Waals surface area contributed by atoms with Gasteiger partial charge in [0.25, 0.3) is 5.91 Å². The molecule has 1 aromatic carbocycles. The molecule has 3 heterocycles. The number of fused-ring (bicyclic) bond motifs is 1. The Bertz CT molecular complexity index is 959. The molecule has 146 valence electrons. The van der Waals surface area contributed by atoms with Crippen molar-refractivity contribution in [3.05, 3.63) is 71.1 Å². The molecule has 1 atom stereocenters. The van der Waals surface area contributed by atoms with E-state index in [1.54, 1.807) is 12.3 Å². The van der Waals surface area contributed by atoms with Crippen molar-refractivity contribution < 1.29 is 9.53 Å². The number of hydrogen-bond donors (Lipinski definition) is 2. The fraction of sp³-hybridized carbons (Fsp3) is 0.381. The van der Waals surface area contributed by atoms with Crippen LogP contribution in [0.2, 0.25) is 0 Å². The van der Waals surface area contributed by atoms with Crippen LogP contribution < -0.4 is 5.32 Å². The fourth-order valence-corrected chi connectivity index (χ4v) is 3.62. The molecule has 0 saturated carbocycles. The number of carbonyl (C=O) groups is 1. The molecule has 7 heteroatoms. The Balaban J connectivity index is 1.38. The first-order valence-electron chi connectivity index (χ1n) is 9.64. The van der Waals surface area contributed by atoms with Gasteiger partial charge in [0.05, 0.1) is 18.8 Å². The van der Waals surface area contributed by atoms with Gasteiger partial charge in [-0.05, 0) is 23.6 Å². The van der Waals surface area contributed by atoms with Crippen molar-refractivity contribution in [2.24, 2.45) is 0 Å². The molecule has 0 saturated heterocycles. The minimum atomic E-state index is -0.205. The zero-order chi connectivity index (χ0) is 19.5. The highest BCUT2D eigenvalue weighted by Crippen LogP contribution is 2.26. The van der Waals surface area contributed by atoms with Gasteiger partial charge in [0.1, 0.15) is 17.6 Å². The van der Waals surface area contributed by atoms with Crippen LogP contribution in [0.15, 0.2) is 42.7 Å². The lowest BCUT2D eigenvalue weighted by atomic mass is 9.97. The first kappa shape index (κ1) is 18.4. The van der Waals surface area contributed by atoms with Crippen molar-refractivity contribution in [1.82, 2.24) is 25.1 Å². The normalized spacial score (nSPS) is 16.2. The Labute approximate surface area is 164 Å². The van der Waals surface area contributed by atoms with Crippen molar-refractivity contribution in [3.63, 3.8) is 0 Å². The van der Waals surface area contributed by atoms with Crippen molar-refractivity contribution in [1.29, 1.82) is 0 Å². The number of rotatable bonds is 6. The van der Waals surface area contributed by atoms with Crippen LogP contribution in [-0.2, 0) is 17.7 Å². The molecule has 1 aliphatic rings. The minimum Gasteiger partial charge on any atom is -0.371 e. The zero-order valence-corrected chi connectivity index (χ0v) is 16.2. The van der Waals surface area contributed by atoms with Crippen LogP contribution in [0.1, 0.15) is 59.0 Å². The van der Waals surface area contributed by atoms with Gasteiger partial charge in [0.2, 0.25) is 0 Å². The molecule has 0 bridgehead atoms. The standard InChI is InChI=1S/C21H25N5O2/c1-14(2)20-22-8-9-26(20)13-16-11-18(25-24-16)21(27)23-12-19-17-6-4-3-5-15(17)7-10-28-19/h3-6,8-9,11,14,19H,7,10,12-13H2,1-2H3,(H,23,27)(H,24,25)/t19-/m0/s1. The van der Waals surface area contributed by atoms with Crippen molar-refractivity contribution in [2.45, 2.75) is 38.8 Å². The first-order valence-corrected chi connectivity index (χ1v) is 9.64. The summed E-state index contributed by atoms with van der Waals surface area (Å²) in [5, 5.41) is 10.1. The smallest absolute Gasteiger partial charge is 0.271 e. The molecule has 2 aromatic heterocycles. The highest BCUT2D eigenvalue weighted by Gasteiger charge is 2.21. The Morgan fingerprint density at radius 2 is 2.25 bits per heavy atom. The summed E-state index contributed by atoms with van der Waals surface area (Å²) in [5.74, 6) is 1.14. The molecule has 28 heavy (non-hydrogen) atoms. The molecule has 3 aromatic rings. The Hall–Kier alpha value is -2.93. The number of nitrogens with zero attached hydrogens (tertiary/aromatic N) is 3. The van der Waals surface area contributed by atoms with Crippen LogP contribution in [0, 0.1) is 0 Å². The summed E-state index contributed by atoms with van der Waals surface area (Å²) in [6.45, 7) is 5.92. The van der Waals surface area contributed by atoms with Gasteiger partial charge < -0.3 is 14.6 Å². The molecule has 4 rings (SSSR count). The van der Waals surface area contributed by atoms with E-state index in [0.717, 1.165) is 23.5 Å². The van der Waals surface area contributed by atoms with E-state index >= 15 is 0 Å². The fourth-order valence-electron chi connectivity index (χ4n) is 3.62. The third kappa shape index (κ3) is 3.84. The van der Waals surface area contributed by atoms with Gasteiger partial charge in [-0.1, -0.05) is 38.1 Å². The predicted octanol–water partition coefficient (Wildman–Crippen LogP) is 2.82. The van der Waals surface area contributed by atoms with Gasteiger partial charge in [-0.25, -0.2) is 4.98 Å². The molecular formula is C21H25N5O2. The summed E-state index contributed by atoms with van der Waals surface area (Å²) < 4.78 is 7.91. The summed E-state index contributed by atoms with van der Waals surface area (Å²) >= 11 is 0. The number of aromatic amines is 1. The van der Waals surface area contributed by atoms with E-state index in [4.69, 9.17) is 4.74 Å². The van der Waals surface area contributed by atoms with Crippen LogP contribution in [0.25, 0.3) is 0 Å². The van der Waals surface area contributed by atoms with Gasteiger partial charge in [0, 0.05) is 24.9 Å². The Morgan fingerprint density at radius 3 is 3.11 bits per heavy atom. The van der Waals surface area contributed by atoms with Gasteiger partial charge in [0.15, 0.2) is 0 Å². The number of carbonyl (C=O) groups excluding carboxylic acids is 1. The van der Waals surface area contributed by atoms with E-state index in [1.165, 1.54) is 5.56 Å². The maximum atomic E-state index is 12.5. The lowest BCUT2D eigenvalue weighted by Gasteiger charge is -2.26. The van der Waals surface area contributed by atoms with Gasteiger partial charge in [-0.3, -0.25) is 9.89 Å². The number of aromatic nitrogens is 4. The first-order chi connectivity index (χ1) is 13.6. The quantitative estimate of drug-likeness (QED) is 0.690. The second-order valence-corrected chi connectivity index (χ2v) is 7.36. The average molecular weight is 379 g/mol. The number of hydrogen-bond acceptors (Lipinski definition) is 4. The lowest BCUT2D eigenvalue weighted by molar-refractivity contribution is 0.0411. The molecule has 1 amide bonds. The molecule has 2 N–H and O–H groups in total. The molecular weight excluding hydrogens is 354 g/mol. The van der Waals surface area contributed by atoms with E-state index < -0.39 is 0 Å². The number of nitrogens with one attached hydrogen (secondary N) is 2. The summed E-state index contributed by atoms with van der Waals surface area (Å²) in [6, 6.07) is 10.0. The number of benzene rings is 1. The average Bonchev–Trinajstić information content (AvgIpc) is 3.36. The molecule has 0 unspecified atom stereocenters. The minimum absolute atomic E-state index is 0.119. The molecule has 1 aliphatic heterocycles. The number of ether oxygens (including phenoxy) is 1. The zero-order valence-electron chi connectivity index (χ0n) is 16.2. The van der Waals surface area contributed by atoms with Crippen LogP contribution >= 0.6 is 0 Å². The summed E-state index contributed by atoms with van der Waals surface area (Å²) in [4.78, 5) is 16.9. The van der Waals surface area contributed by atoms with Crippen LogP contribution in [0.5, 0.6) is 0 Å².